The van der Waals surface area contributed by atoms with Crippen molar-refractivity contribution in [3.63, 3.8) is 0 Å². The maximum atomic E-state index is 6.06. The molecule has 0 saturated heterocycles. The monoisotopic (exact) mass is 898 g/mol. The molecular formula is C50H54N6O2S4. The molecular weight excluding hydrogens is 845 g/mol. The van der Waals surface area contributed by atoms with Gasteiger partial charge in [0.25, 0.3) is 0 Å². The normalized spacial score (nSPS) is 13.4. The highest BCUT2D eigenvalue weighted by atomic mass is 32.1. The van der Waals surface area contributed by atoms with Gasteiger partial charge in [0.05, 0.1) is 23.3 Å². The molecule has 2 aliphatic heterocycles. The number of benzene rings is 4. The van der Waals surface area contributed by atoms with Crippen LogP contribution in [-0.4, -0.2) is 24.5 Å². The molecule has 0 radical (unpaired) electrons. The molecule has 0 N–H and O–H groups in total. The molecule has 0 amide bonds. The summed E-state index contributed by atoms with van der Waals surface area (Å²) < 4.78 is 14.8. The summed E-state index contributed by atoms with van der Waals surface area (Å²) in [7, 11) is 0. The van der Waals surface area contributed by atoms with Crippen LogP contribution in [0.5, 0.6) is 11.5 Å². The van der Waals surface area contributed by atoms with E-state index < -0.39 is 0 Å². The van der Waals surface area contributed by atoms with E-state index >= 15 is 0 Å². The summed E-state index contributed by atoms with van der Waals surface area (Å²) in [5.74, 6) is 15.1. The van der Waals surface area contributed by atoms with Crippen molar-refractivity contribution in [3.05, 3.63) is 129 Å². The number of rotatable bonds is 15. The van der Waals surface area contributed by atoms with Crippen molar-refractivity contribution in [3.8, 4) is 35.2 Å². The Labute approximate surface area is 388 Å². The SMILES string of the molecule is CC#C[C@@H](CC1=NN=NC1)c1ccc(OCc2ccc3scc(C(C)C)c3c2)cc1.CC#C[C@@H](CC1=NN=NC1)c1ccc(OCc2ccc3scc(CCC)c3c2)cc1.S.S. The van der Waals surface area contributed by atoms with E-state index in [1.807, 2.05) is 60.8 Å². The maximum Gasteiger partial charge on any atom is 0.119 e. The van der Waals surface area contributed by atoms with Crippen molar-refractivity contribution < 1.29 is 9.47 Å². The molecule has 6 aromatic rings. The first kappa shape index (κ1) is 47.8. The van der Waals surface area contributed by atoms with Gasteiger partial charge in [-0.05, 0) is 140 Å². The lowest BCUT2D eigenvalue weighted by molar-refractivity contribution is 0.306. The molecule has 4 heterocycles. The average Bonchev–Trinajstić information content (AvgIpc) is 4.12. The van der Waals surface area contributed by atoms with E-state index in [-0.39, 0.29) is 38.8 Å². The van der Waals surface area contributed by atoms with Crippen LogP contribution in [0.25, 0.3) is 20.2 Å². The molecule has 0 saturated carbocycles. The third-order valence-corrected chi connectivity index (χ3v) is 12.4. The summed E-state index contributed by atoms with van der Waals surface area (Å²) in [6.45, 7) is 12.7. The third kappa shape index (κ3) is 12.7. The average molecular weight is 899 g/mol. The highest BCUT2D eigenvalue weighted by Gasteiger charge is 2.17. The molecule has 2 aromatic heterocycles. The van der Waals surface area contributed by atoms with E-state index in [4.69, 9.17) is 9.47 Å². The minimum Gasteiger partial charge on any atom is -0.489 e. The first-order chi connectivity index (χ1) is 29.4. The van der Waals surface area contributed by atoms with Crippen molar-refractivity contribution in [1.29, 1.82) is 0 Å². The fourth-order valence-electron chi connectivity index (χ4n) is 7.25. The summed E-state index contributed by atoms with van der Waals surface area (Å²) in [6.07, 6.45) is 3.81. The predicted octanol–water partition coefficient (Wildman–Crippen LogP) is 13.9. The van der Waals surface area contributed by atoms with E-state index in [0.29, 0.717) is 32.2 Å². The number of hydrogen-bond acceptors (Lipinski definition) is 10. The number of hydrogen-bond donors (Lipinski definition) is 0. The Morgan fingerprint density at radius 1 is 0.629 bits per heavy atom. The largest absolute Gasteiger partial charge is 0.489 e. The van der Waals surface area contributed by atoms with Gasteiger partial charge in [-0.15, -0.1) is 44.7 Å². The number of ether oxygens (including phenoxy) is 2. The molecule has 320 valence electrons. The summed E-state index contributed by atoms with van der Waals surface area (Å²) in [5, 5.41) is 30.7. The van der Waals surface area contributed by atoms with Crippen LogP contribution >= 0.6 is 49.7 Å². The smallest absolute Gasteiger partial charge is 0.119 e. The predicted molar refractivity (Wildman–Crippen MR) is 270 cm³/mol. The van der Waals surface area contributed by atoms with Gasteiger partial charge in [-0.2, -0.15) is 37.2 Å². The Morgan fingerprint density at radius 2 is 1.11 bits per heavy atom. The molecule has 0 spiro atoms. The first-order valence-corrected chi connectivity index (χ1v) is 22.3. The molecule has 62 heavy (non-hydrogen) atoms. The van der Waals surface area contributed by atoms with Crippen molar-refractivity contribution in [2.24, 2.45) is 30.9 Å². The van der Waals surface area contributed by atoms with Crippen LogP contribution in [0.3, 0.4) is 0 Å². The summed E-state index contributed by atoms with van der Waals surface area (Å²) >= 11 is 3.64. The quantitative estimate of drug-likeness (QED) is 0.0960. The molecule has 2 atom stereocenters. The molecule has 4 aromatic carbocycles. The molecule has 0 fully saturated rings. The minimum atomic E-state index is 0. The highest BCUT2D eigenvalue weighted by molar-refractivity contribution is 7.59. The summed E-state index contributed by atoms with van der Waals surface area (Å²) in [6, 6.07) is 29.7. The number of thiophene rings is 2. The summed E-state index contributed by atoms with van der Waals surface area (Å²) in [5.41, 5.74) is 9.53. The zero-order chi connectivity index (χ0) is 41.7. The van der Waals surface area contributed by atoms with Gasteiger partial charge in [0.1, 0.15) is 37.8 Å². The second kappa shape index (κ2) is 23.8. The molecule has 0 bridgehead atoms. The maximum absolute atomic E-state index is 6.06. The van der Waals surface area contributed by atoms with Crippen molar-refractivity contribution >= 4 is 81.3 Å². The van der Waals surface area contributed by atoms with Gasteiger partial charge in [0, 0.05) is 22.2 Å². The Hall–Kier alpha value is -5.24. The van der Waals surface area contributed by atoms with Gasteiger partial charge in [0.15, 0.2) is 0 Å². The molecule has 2 aliphatic rings. The molecule has 0 unspecified atom stereocenters. The zero-order valence-corrected chi connectivity index (χ0v) is 39.6. The van der Waals surface area contributed by atoms with Crippen LogP contribution in [0.1, 0.15) is 105 Å². The second-order valence-corrected chi connectivity index (χ2v) is 17.0. The standard InChI is InChI=1S/2C25H25N3OS.2H2S/c1-4-5-20(13-21-14-26-28-27-21)19-7-9-22(10-8-19)29-15-18-6-11-25-23(12-18)24(16-30-25)17(2)3;1-3-5-20(14-22-15-26-28-27-22)19-8-10-23(11-9-19)29-16-18-7-12-25-24(13-18)21(6-4-2)17-30-25;;/h6-12,16-17,20H,13-15H2,1-3H3;7-13,17,20H,4,6,14-16H2,1-2H3;2*1H2/t2*20-;;/m00../s1. The topological polar surface area (TPSA) is 92.6 Å². The van der Waals surface area contributed by atoms with E-state index in [0.717, 1.165) is 53.3 Å². The van der Waals surface area contributed by atoms with Gasteiger partial charge in [0.2, 0.25) is 0 Å². The van der Waals surface area contributed by atoms with Crippen LogP contribution in [-0.2, 0) is 19.6 Å². The fourth-order valence-corrected chi connectivity index (χ4v) is 9.34. The van der Waals surface area contributed by atoms with E-state index in [1.165, 1.54) is 48.8 Å². The molecule has 12 heteroatoms. The van der Waals surface area contributed by atoms with Gasteiger partial charge < -0.3 is 9.47 Å². The van der Waals surface area contributed by atoms with Gasteiger partial charge >= 0.3 is 0 Å². The first-order valence-electron chi connectivity index (χ1n) is 20.5. The van der Waals surface area contributed by atoms with Crippen LogP contribution in [0, 0.1) is 23.7 Å². The lowest BCUT2D eigenvalue weighted by atomic mass is 9.94. The number of fused-ring (bicyclic) bond motifs is 2. The lowest BCUT2D eigenvalue weighted by Crippen LogP contribution is -2.07. The van der Waals surface area contributed by atoms with E-state index in [1.54, 1.807) is 0 Å². The van der Waals surface area contributed by atoms with E-state index in [2.05, 4.69) is 147 Å². The Morgan fingerprint density at radius 3 is 1.56 bits per heavy atom. The Bertz CT molecular complexity index is 2660. The number of nitrogens with zero attached hydrogens (tertiary/aromatic N) is 6. The second-order valence-electron chi connectivity index (χ2n) is 15.1. The van der Waals surface area contributed by atoms with Crippen LogP contribution in [0.15, 0.2) is 127 Å². The lowest BCUT2D eigenvalue weighted by Gasteiger charge is -2.12. The van der Waals surface area contributed by atoms with Crippen molar-refractivity contribution in [2.75, 3.05) is 13.1 Å². The minimum absolute atomic E-state index is 0. The third-order valence-electron chi connectivity index (χ3n) is 10.4. The van der Waals surface area contributed by atoms with E-state index in [9.17, 15) is 0 Å². The van der Waals surface area contributed by atoms with Gasteiger partial charge in [-0.1, -0.05) is 75.4 Å². The molecule has 8 nitrogen and oxygen atoms in total. The van der Waals surface area contributed by atoms with Crippen molar-refractivity contribution in [2.45, 2.75) is 91.3 Å². The zero-order valence-electron chi connectivity index (χ0n) is 35.9. The Kier molecular flexibility index (Phi) is 18.4. The van der Waals surface area contributed by atoms with Gasteiger partial charge in [-0.25, -0.2) is 0 Å². The highest BCUT2D eigenvalue weighted by Crippen LogP contribution is 2.33. The van der Waals surface area contributed by atoms with Gasteiger partial charge in [-0.3, -0.25) is 0 Å². The number of aryl methyl sites for hydroxylation is 1. The molecule has 0 aliphatic carbocycles. The fraction of sp³-hybridized carbons (Fsp3) is 0.320. The van der Waals surface area contributed by atoms with Crippen molar-refractivity contribution in [1.82, 2.24) is 0 Å². The van der Waals surface area contributed by atoms with Crippen LogP contribution in [0.4, 0.5) is 0 Å². The molecule has 8 rings (SSSR count). The summed E-state index contributed by atoms with van der Waals surface area (Å²) in [4.78, 5) is 0. The van der Waals surface area contributed by atoms with Crippen LogP contribution < -0.4 is 9.47 Å². The van der Waals surface area contributed by atoms with Crippen LogP contribution in [0.2, 0.25) is 0 Å². The Balaban J connectivity index is 0.000000227.